The molecule has 0 aliphatic rings. The zero-order chi connectivity index (χ0) is 14.4. The molecule has 0 bridgehead atoms. The third kappa shape index (κ3) is 2.00. The van der Waals surface area contributed by atoms with Crippen LogP contribution >= 0.6 is 15.9 Å². The maximum absolute atomic E-state index is 12.6. The van der Waals surface area contributed by atoms with E-state index in [-0.39, 0.29) is 5.78 Å². The number of ketones is 1. The van der Waals surface area contributed by atoms with Crippen molar-refractivity contribution in [2.24, 2.45) is 0 Å². The lowest BCUT2D eigenvalue weighted by Crippen LogP contribution is -2.01. The van der Waals surface area contributed by atoms with Crippen LogP contribution in [0.3, 0.4) is 0 Å². The van der Waals surface area contributed by atoms with Crippen molar-refractivity contribution in [1.82, 2.24) is 0 Å². The van der Waals surface area contributed by atoms with Crippen LogP contribution in [0.5, 0.6) is 0 Å². The summed E-state index contributed by atoms with van der Waals surface area (Å²) in [5.74, 6) is 1.59. The molecule has 0 saturated carbocycles. The van der Waals surface area contributed by atoms with E-state index in [0.29, 0.717) is 22.7 Å². The van der Waals surface area contributed by atoms with E-state index in [0.717, 1.165) is 21.2 Å². The minimum atomic E-state index is -0.135. The van der Waals surface area contributed by atoms with E-state index in [1.165, 1.54) is 0 Å². The van der Waals surface area contributed by atoms with Crippen molar-refractivity contribution in [3.8, 4) is 0 Å². The maximum atomic E-state index is 12.6. The van der Waals surface area contributed by atoms with Crippen LogP contribution in [0.15, 0.2) is 37.6 Å². The molecule has 0 aliphatic carbocycles. The molecule has 102 valence electrons. The quantitative estimate of drug-likeness (QED) is 0.624. The Bertz CT molecular complexity index is 824. The molecular weight excluding hydrogens is 320 g/mol. The molecule has 0 atom stereocenters. The molecule has 0 radical (unpaired) electrons. The standard InChI is InChI=1S/C16H13BrO3/c1-8-6-13(10(3)19-8)15(18)16-9(2)12-7-11(17)4-5-14(12)20-16/h4-7H,1-3H3. The lowest BCUT2D eigenvalue weighted by molar-refractivity contribution is 0.101. The van der Waals surface area contributed by atoms with Crippen molar-refractivity contribution in [1.29, 1.82) is 0 Å². The molecule has 4 heteroatoms. The molecule has 0 amide bonds. The third-order valence-corrected chi connectivity index (χ3v) is 3.88. The lowest BCUT2D eigenvalue weighted by Gasteiger charge is -1.96. The Balaban J connectivity index is 2.17. The summed E-state index contributed by atoms with van der Waals surface area (Å²) in [7, 11) is 0. The van der Waals surface area contributed by atoms with E-state index in [1.54, 1.807) is 13.0 Å². The average Bonchev–Trinajstić information content (AvgIpc) is 2.90. The highest BCUT2D eigenvalue weighted by Gasteiger charge is 2.22. The molecule has 2 heterocycles. The Morgan fingerprint density at radius 1 is 1.10 bits per heavy atom. The van der Waals surface area contributed by atoms with Crippen LogP contribution in [-0.2, 0) is 0 Å². The van der Waals surface area contributed by atoms with Crippen LogP contribution in [0, 0.1) is 20.8 Å². The van der Waals surface area contributed by atoms with Crippen molar-refractivity contribution in [3.63, 3.8) is 0 Å². The fraction of sp³-hybridized carbons (Fsp3) is 0.188. The molecule has 1 aromatic carbocycles. The summed E-state index contributed by atoms with van der Waals surface area (Å²) in [6.45, 7) is 5.51. The Morgan fingerprint density at radius 3 is 2.50 bits per heavy atom. The second kappa shape index (κ2) is 4.63. The highest BCUT2D eigenvalue weighted by atomic mass is 79.9. The molecule has 3 rings (SSSR count). The summed E-state index contributed by atoms with van der Waals surface area (Å²) >= 11 is 3.43. The molecule has 3 aromatic rings. The van der Waals surface area contributed by atoms with E-state index in [2.05, 4.69) is 15.9 Å². The van der Waals surface area contributed by atoms with Gasteiger partial charge in [0.05, 0.1) is 5.56 Å². The number of carbonyl (C=O) groups excluding carboxylic acids is 1. The van der Waals surface area contributed by atoms with Gasteiger partial charge in [-0.15, -0.1) is 0 Å². The fourth-order valence-corrected chi connectivity index (χ4v) is 2.75. The molecule has 0 aliphatic heterocycles. The monoisotopic (exact) mass is 332 g/mol. The summed E-state index contributed by atoms with van der Waals surface area (Å²) < 4.78 is 12.1. The van der Waals surface area contributed by atoms with Gasteiger partial charge in [0.2, 0.25) is 5.78 Å². The van der Waals surface area contributed by atoms with E-state index in [4.69, 9.17) is 8.83 Å². The van der Waals surface area contributed by atoms with Crippen LogP contribution in [-0.4, -0.2) is 5.78 Å². The average molecular weight is 333 g/mol. The minimum absolute atomic E-state index is 0.135. The lowest BCUT2D eigenvalue weighted by atomic mass is 10.1. The number of furan rings is 2. The van der Waals surface area contributed by atoms with Crippen molar-refractivity contribution in [3.05, 3.63) is 57.1 Å². The van der Waals surface area contributed by atoms with Gasteiger partial charge in [-0.25, -0.2) is 0 Å². The number of fused-ring (bicyclic) bond motifs is 1. The number of benzene rings is 1. The largest absolute Gasteiger partial charge is 0.466 e. The van der Waals surface area contributed by atoms with Gasteiger partial charge in [0.15, 0.2) is 5.76 Å². The first-order valence-corrected chi connectivity index (χ1v) is 7.07. The molecule has 0 saturated heterocycles. The van der Waals surface area contributed by atoms with Crippen molar-refractivity contribution in [2.75, 3.05) is 0 Å². The molecule has 0 N–H and O–H groups in total. The van der Waals surface area contributed by atoms with Crippen LogP contribution < -0.4 is 0 Å². The van der Waals surface area contributed by atoms with Gasteiger partial charge in [0, 0.05) is 15.4 Å². The number of aryl methyl sites for hydroxylation is 3. The maximum Gasteiger partial charge on any atom is 0.232 e. The van der Waals surface area contributed by atoms with Crippen LogP contribution in [0.25, 0.3) is 11.0 Å². The smallest absolute Gasteiger partial charge is 0.232 e. The van der Waals surface area contributed by atoms with E-state index < -0.39 is 0 Å². The van der Waals surface area contributed by atoms with Gasteiger partial charge in [-0.05, 0) is 45.0 Å². The predicted molar refractivity (Wildman–Crippen MR) is 80.3 cm³/mol. The van der Waals surface area contributed by atoms with Gasteiger partial charge >= 0.3 is 0 Å². The van der Waals surface area contributed by atoms with Gasteiger partial charge in [0.1, 0.15) is 17.1 Å². The Hall–Kier alpha value is -1.81. The van der Waals surface area contributed by atoms with Gasteiger partial charge < -0.3 is 8.83 Å². The minimum Gasteiger partial charge on any atom is -0.466 e. The first kappa shape index (κ1) is 13.2. The van der Waals surface area contributed by atoms with Crippen LogP contribution in [0.1, 0.15) is 33.2 Å². The molecule has 0 spiro atoms. The highest BCUT2D eigenvalue weighted by molar-refractivity contribution is 9.10. The Morgan fingerprint density at radius 2 is 1.85 bits per heavy atom. The highest BCUT2D eigenvalue weighted by Crippen LogP contribution is 2.30. The van der Waals surface area contributed by atoms with E-state index in [9.17, 15) is 4.79 Å². The van der Waals surface area contributed by atoms with Crippen molar-refractivity contribution < 1.29 is 13.6 Å². The van der Waals surface area contributed by atoms with E-state index >= 15 is 0 Å². The summed E-state index contributed by atoms with van der Waals surface area (Å²) in [6, 6.07) is 7.46. The van der Waals surface area contributed by atoms with Crippen molar-refractivity contribution in [2.45, 2.75) is 20.8 Å². The van der Waals surface area contributed by atoms with E-state index in [1.807, 2.05) is 32.0 Å². The summed E-state index contributed by atoms with van der Waals surface area (Å²) in [6.07, 6.45) is 0. The zero-order valence-electron chi connectivity index (χ0n) is 11.4. The summed E-state index contributed by atoms with van der Waals surface area (Å²) in [5, 5.41) is 0.945. The zero-order valence-corrected chi connectivity index (χ0v) is 13.0. The number of hydrogen-bond acceptors (Lipinski definition) is 3. The Kier molecular flexibility index (Phi) is 3.05. The topological polar surface area (TPSA) is 43.4 Å². The number of rotatable bonds is 2. The molecular formula is C16H13BrO3. The predicted octanol–water partition coefficient (Wildman–Crippen LogP) is 4.94. The van der Waals surface area contributed by atoms with Gasteiger partial charge in [-0.1, -0.05) is 15.9 Å². The SMILES string of the molecule is Cc1cc(C(=O)c2oc3ccc(Br)cc3c2C)c(C)o1. The van der Waals surface area contributed by atoms with Crippen LogP contribution in [0.2, 0.25) is 0 Å². The molecule has 0 fully saturated rings. The Labute approximate surface area is 124 Å². The first-order chi connectivity index (χ1) is 9.47. The third-order valence-electron chi connectivity index (χ3n) is 3.39. The van der Waals surface area contributed by atoms with Gasteiger partial charge in [-0.2, -0.15) is 0 Å². The van der Waals surface area contributed by atoms with Crippen molar-refractivity contribution >= 4 is 32.7 Å². The normalized spacial score (nSPS) is 11.2. The molecule has 20 heavy (non-hydrogen) atoms. The first-order valence-electron chi connectivity index (χ1n) is 6.27. The number of hydrogen-bond donors (Lipinski definition) is 0. The van der Waals surface area contributed by atoms with Gasteiger partial charge in [0.25, 0.3) is 0 Å². The number of carbonyl (C=O) groups is 1. The molecule has 3 nitrogen and oxygen atoms in total. The fourth-order valence-electron chi connectivity index (χ4n) is 2.39. The molecule has 2 aromatic heterocycles. The second-order valence-electron chi connectivity index (χ2n) is 4.85. The summed E-state index contributed by atoms with van der Waals surface area (Å²) in [5.41, 5.74) is 2.13. The van der Waals surface area contributed by atoms with Gasteiger partial charge in [-0.3, -0.25) is 4.79 Å². The summed E-state index contributed by atoms with van der Waals surface area (Å²) in [4.78, 5) is 12.6. The second-order valence-corrected chi connectivity index (χ2v) is 5.77. The van der Waals surface area contributed by atoms with Crippen LogP contribution in [0.4, 0.5) is 0 Å². The number of halogens is 1. The molecule has 0 unspecified atom stereocenters.